The first-order chi connectivity index (χ1) is 12.7. The highest BCUT2D eigenvalue weighted by Gasteiger charge is 2.17. The third-order valence-electron chi connectivity index (χ3n) is 4.51. The normalized spacial score (nSPS) is 11.4. The Bertz CT molecular complexity index is 1070. The van der Waals surface area contributed by atoms with Crippen LogP contribution in [0.5, 0.6) is 0 Å². The Balaban J connectivity index is 1.91. The predicted octanol–water partition coefficient (Wildman–Crippen LogP) is 3.01. The summed E-state index contributed by atoms with van der Waals surface area (Å²) >= 11 is 0. The van der Waals surface area contributed by atoms with Crippen LogP contribution in [0.1, 0.15) is 23.9 Å². The monoisotopic (exact) mass is 347 g/mol. The molecule has 4 aromatic rings. The van der Waals surface area contributed by atoms with Crippen molar-refractivity contribution in [3.63, 3.8) is 0 Å². The average molecular weight is 347 g/mol. The second-order valence-corrected chi connectivity index (χ2v) is 6.21. The van der Waals surface area contributed by atoms with Gasteiger partial charge in [0.15, 0.2) is 11.6 Å². The van der Waals surface area contributed by atoms with Crippen LogP contribution in [0, 0.1) is 0 Å². The summed E-state index contributed by atoms with van der Waals surface area (Å²) in [5.74, 6) is 7.33. The van der Waals surface area contributed by atoms with Crippen molar-refractivity contribution in [3.8, 4) is 0 Å². The highest BCUT2D eigenvalue weighted by atomic mass is 16.5. The SMILES string of the molecule is CCOCc1nc2c(N)nc3c(Cc4ccccc4)cccc3c2n1N. The number of anilines is 1. The molecule has 0 amide bonds. The number of fused-ring (bicyclic) bond motifs is 3. The molecule has 132 valence electrons. The number of nitrogens with two attached hydrogens (primary N) is 2. The minimum atomic E-state index is 0.340. The lowest BCUT2D eigenvalue weighted by atomic mass is 10.0. The lowest BCUT2D eigenvalue weighted by molar-refractivity contribution is 0.127. The first kappa shape index (κ1) is 16.4. The van der Waals surface area contributed by atoms with Crippen LogP contribution < -0.4 is 11.6 Å². The van der Waals surface area contributed by atoms with Gasteiger partial charge in [-0.05, 0) is 24.5 Å². The van der Waals surface area contributed by atoms with Gasteiger partial charge in [0.05, 0.1) is 5.52 Å². The van der Waals surface area contributed by atoms with Crippen molar-refractivity contribution < 1.29 is 4.74 Å². The highest BCUT2D eigenvalue weighted by molar-refractivity contribution is 6.07. The molecule has 0 saturated heterocycles. The van der Waals surface area contributed by atoms with Crippen molar-refractivity contribution in [1.82, 2.24) is 14.6 Å². The molecule has 0 aliphatic rings. The van der Waals surface area contributed by atoms with Crippen LogP contribution in [0.15, 0.2) is 48.5 Å². The van der Waals surface area contributed by atoms with Crippen molar-refractivity contribution in [1.29, 1.82) is 0 Å². The molecule has 6 nitrogen and oxygen atoms in total. The van der Waals surface area contributed by atoms with Gasteiger partial charge in [-0.3, -0.25) is 0 Å². The molecule has 0 unspecified atom stereocenters. The lowest BCUT2D eigenvalue weighted by Gasteiger charge is -2.09. The van der Waals surface area contributed by atoms with E-state index in [1.807, 2.05) is 37.3 Å². The molecule has 2 aromatic carbocycles. The zero-order valence-corrected chi connectivity index (χ0v) is 14.6. The zero-order valence-electron chi connectivity index (χ0n) is 14.6. The van der Waals surface area contributed by atoms with Gasteiger partial charge in [-0.1, -0.05) is 48.5 Å². The smallest absolute Gasteiger partial charge is 0.154 e. The van der Waals surface area contributed by atoms with E-state index in [0.29, 0.717) is 30.4 Å². The molecule has 6 heteroatoms. The predicted molar refractivity (Wildman–Crippen MR) is 104 cm³/mol. The van der Waals surface area contributed by atoms with Crippen molar-refractivity contribution in [2.45, 2.75) is 20.0 Å². The number of benzene rings is 2. The number of rotatable bonds is 5. The maximum atomic E-state index is 6.31. The van der Waals surface area contributed by atoms with E-state index in [1.54, 1.807) is 4.68 Å². The molecule has 0 fully saturated rings. The van der Waals surface area contributed by atoms with E-state index in [2.05, 4.69) is 28.2 Å². The molecule has 4 N–H and O–H groups in total. The fourth-order valence-corrected chi connectivity index (χ4v) is 3.26. The van der Waals surface area contributed by atoms with Gasteiger partial charge in [-0.25, -0.2) is 14.6 Å². The van der Waals surface area contributed by atoms with E-state index < -0.39 is 0 Å². The standard InChI is InChI=1S/C20H21N5O/c1-2-26-12-16-23-18-19(25(16)22)15-10-6-9-14(17(15)24-20(18)21)11-13-7-4-3-5-8-13/h3-10H,2,11-12,22H2,1H3,(H2,21,24). The largest absolute Gasteiger partial charge is 0.382 e. The number of ether oxygens (including phenoxy) is 1. The molecule has 0 spiro atoms. The van der Waals surface area contributed by atoms with Crippen LogP contribution in [0.4, 0.5) is 5.82 Å². The molecule has 26 heavy (non-hydrogen) atoms. The topological polar surface area (TPSA) is 92.0 Å². The van der Waals surface area contributed by atoms with E-state index >= 15 is 0 Å². The molecule has 4 rings (SSSR count). The number of hydrogen-bond acceptors (Lipinski definition) is 5. The van der Waals surface area contributed by atoms with E-state index in [1.165, 1.54) is 5.56 Å². The summed E-state index contributed by atoms with van der Waals surface area (Å²) in [5, 5.41) is 0.945. The van der Waals surface area contributed by atoms with Crippen LogP contribution in [-0.2, 0) is 17.8 Å². The van der Waals surface area contributed by atoms with Gasteiger partial charge in [0.2, 0.25) is 0 Å². The summed E-state index contributed by atoms with van der Waals surface area (Å²) in [7, 11) is 0. The Kier molecular flexibility index (Phi) is 4.18. The Morgan fingerprint density at radius 1 is 1.00 bits per heavy atom. The highest BCUT2D eigenvalue weighted by Crippen LogP contribution is 2.30. The van der Waals surface area contributed by atoms with Crippen molar-refractivity contribution in [2.75, 3.05) is 18.2 Å². The molecule has 0 aliphatic carbocycles. The quantitative estimate of drug-likeness (QED) is 0.542. The van der Waals surface area contributed by atoms with Gasteiger partial charge >= 0.3 is 0 Å². The van der Waals surface area contributed by atoms with Crippen LogP contribution in [0.25, 0.3) is 21.9 Å². The average Bonchev–Trinajstić information content (AvgIpc) is 2.99. The summed E-state index contributed by atoms with van der Waals surface area (Å²) in [5.41, 5.74) is 10.8. The number of nitrogen functional groups attached to an aromatic ring is 2. The molecule has 0 atom stereocenters. The van der Waals surface area contributed by atoms with Gasteiger partial charge in [-0.2, -0.15) is 0 Å². The Hall–Kier alpha value is -3.12. The summed E-state index contributed by atoms with van der Waals surface area (Å²) in [6.07, 6.45) is 0.778. The molecule has 2 heterocycles. The Labute approximate surface area is 151 Å². The molecular weight excluding hydrogens is 326 g/mol. The number of pyridine rings is 1. The van der Waals surface area contributed by atoms with Crippen LogP contribution in [-0.4, -0.2) is 21.3 Å². The molecule has 0 aliphatic heterocycles. The van der Waals surface area contributed by atoms with Crippen molar-refractivity contribution >= 4 is 27.8 Å². The van der Waals surface area contributed by atoms with Gasteiger partial charge in [0, 0.05) is 12.0 Å². The maximum Gasteiger partial charge on any atom is 0.154 e. The van der Waals surface area contributed by atoms with E-state index in [-0.39, 0.29) is 0 Å². The fourth-order valence-electron chi connectivity index (χ4n) is 3.26. The van der Waals surface area contributed by atoms with Gasteiger partial charge in [0.25, 0.3) is 0 Å². The van der Waals surface area contributed by atoms with Gasteiger partial charge in [0.1, 0.15) is 17.6 Å². The van der Waals surface area contributed by atoms with Crippen LogP contribution >= 0.6 is 0 Å². The van der Waals surface area contributed by atoms with Gasteiger partial charge < -0.3 is 16.3 Å². The molecule has 0 bridgehead atoms. The first-order valence-electron chi connectivity index (χ1n) is 8.64. The third kappa shape index (κ3) is 2.74. The molecule has 0 saturated carbocycles. The van der Waals surface area contributed by atoms with Crippen molar-refractivity contribution in [2.24, 2.45) is 0 Å². The van der Waals surface area contributed by atoms with Crippen LogP contribution in [0.2, 0.25) is 0 Å². The minimum absolute atomic E-state index is 0.340. The number of nitrogens with zero attached hydrogens (tertiary/aromatic N) is 3. The van der Waals surface area contributed by atoms with E-state index in [9.17, 15) is 0 Å². The number of imidazole rings is 1. The maximum absolute atomic E-state index is 6.31. The first-order valence-corrected chi connectivity index (χ1v) is 8.64. The van der Waals surface area contributed by atoms with Crippen molar-refractivity contribution in [3.05, 3.63) is 65.5 Å². The van der Waals surface area contributed by atoms with Gasteiger partial charge in [-0.15, -0.1) is 0 Å². The summed E-state index contributed by atoms with van der Waals surface area (Å²) in [4.78, 5) is 9.18. The Morgan fingerprint density at radius 3 is 2.58 bits per heavy atom. The van der Waals surface area contributed by atoms with E-state index in [4.69, 9.17) is 16.3 Å². The van der Waals surface area contributed by atoms with E-state index in [0.717, 1.165) is 28.4 Å². The number of para-hydroxylation sites is 1. The summed E-state index contributed by atoms with van der Waals surface area (Å²) in [6, 6.07) is 16.4. The zero-order chi connectivity index (χ0) is 18.1. The molecular formula is C20H21N5O. The Morgan fingerprint density at radius 2 is 1.81 bits per heavy atom. The summed E-state index contributed by atoms with van der Waals surface area (Å²) in [6.45, 7) is 2.87. The lowest BCUT2D eigenvalue weighted by Crippen LogP contribution is -2.13. The second kappa shape index (κ2) is 6.65. The molecule has 2 aromatic heterocycles. The second-order valence-electron chi connectivity index (χ2n) is 6.21. The molecule has 0 radical (unpaired) electrons. The summed E-state index contributed by atoms with van der Waals surface area (Å²) < 4.78 is 7.03. The minimum Gasteiger partial charge on any atom is -0.382 e. The van der Waals surface area contributed by atoms with Crippen LogP contribution in [0.3, 0.4) is 0 Å². The fraction of sp³-hybridized carbons (Fsp3) is 0.200. The third-order valence-corrected chi connectivity index (χ3v) is 4.51. The number of aromatic nitrogens is 3. The number of hydrogen-bond donors (Lipinski definition) is 2.